The molecule has 0 spiro atoms. The maximum atomic E-state index is 11.3. The number of hydrogen-bond donors (Lipinski definition) is 2. The summed E-state index contributed by atoms with van der Waals surface area (Å²) in [4.78, 5) is 11.1. The number of amides is 1. The van der Waals surface area contributed by atoms with Crippen molar-refractivity contribution >= 4 is 15.7 Å². The quantitative estimate of drug-likeness (QED) is 0.730. The zero-order valence-electron chi connectivity index (χ0n) is 10.2. The van der Waals surface area contributed by atoms with Gasteiger partial charge in [-0.15, -0.1) is 0 Å². The molecule has 6 nitrogen and oxygen atoms in total. The number of carbonyl (C=O) groups is 1. The molecule has 1 aromatic carbocycles. The fourth-order valence-corrected chi connectivity index (χ4v) is 1.94. The molecule has 0 aliphatic rings. The molecule has 0 heterocycles. The van der Waals surface area contributed by atoms with Crippen LogP contribution in [0.2, 0.25) is 0 Å². The first-order valence-corrected chi connectivity index (χ1v) is 7.13. The van der Waals surface area contributed by atoms with E-state index in [2.05, 4.69) is 5.32 Å². The van der Waals surface area contributed by atoms with Gasteiger partial charge in [-0.05, 0) is 25.2 Å². The number of benzene rings is 1. The van der Waals surface area contributed by atoms with Gasteiger partial charge in [-0.25, -0.2) is 8.42 Å². The summed E-state index contributed by atoms with van der Waals surface area (Å²) < 4.78 is 28.0. The second-order valence-corrected chi connectivity index (χ2v) is 5.82. The smallest absolute Gasteiger partial charge is 0.238 e. The van der Waals surface area contributed by atoms with Gasteiger partial charge in [-0.2, -0.15) is 0 Å². The minimum absolute atomic E-state index is 0.0407. The third-order valence-corrected chi connectivity index (χ3v) is 3.45. The Morgan fingerprint density at radius 1 is 1.50 bits per heavy atom. The maximum Gasteiger partial charge on any atom is 0.238 e. The summed E-state index contributed by atoms with van der Waals surface area (Å²) in [5, 5.41) is 2.70. The van der Waals surface area contributed by atoms with E-state index in [0.717, 1.165) is 6.26 Å². The largest absolute Gasteiger partial charge is 0.491 e. The van der Waals surface area contributed by atoms with Crippen molar-refractivity contribution in [3.8, 4) is 5.75 Å². The molecular formula is C11H16N2O4S. The highest BCUT2D eigenvalue weighted by Crippen LogP contribution is 2.17. The third-order valence-electron chi connectivity index (χ3n) is 2.34. The lowest BCUT2D eigenvalue weighted by atomic mass is 10.3. The van der Waals surface area contributed by atoms with Crippen LogP contribution in [0.15, 0.2) is 29.2 Å². The van der Waals surface area contributed by atoms with Crippen molar-refractivity contribution in [2.75, 3.05) is 19.9 Å². The van der Waals surface area contributed by atoms with Crippen molar-refractivity contribution in [1.82, 2.24) is 5.32 Å². The average molecular weight is 272 g/mol. The Kier molecular flexibility index (Phi) is 4.69. The lowest BCUT2D eigenvalue weighted by molar-refractivity contribution is -0.120. The van der Waals surface area contributed by atoms with E-state index in [4.69, 9.17) is 10.5 Å². The van der Waals surface area contributed by atoms with Crippen molar-refractivity contribution in [2.45, 2.75) is 10.9 Å². The van der Waals surface area contributed by atoms with E-state index in [9.17, 15) is 13.2 Å². The predicted octanol–water partition coefficient (Wildman–Crippen LogP) is -0.458. The summed E-state index contributed by atoms with van der Waals surface area (Å²) in [6.07, 6.45) is 1.12. The summed E-state index contributed by atoms with van der Waals surface area (Å²) in [6.45, 7) is 0.0407. The monoisotopic (exact) mass is 272 g/mol. The van der Waals surface area contributed by atoms with Crippen LogP contribution in [0.3, 0.4) is 0 Å². The molecule has 1 rings (SSSR count). The minimum atomic E-state index is -3.27. The highest BCUT2D eigenvalue weighted by Gasteiger charge is 2.14. The van der Waals surface area contributed by atoms with Gasteiger partial charge in [0.25, 0.3) is 0 Å². The highest BCUT2D eigenvalue weighted by molar-refractivity contribution is 7.90. The highest BCUT2D eigenvalue weighted by atomic mass is 32.2. The number of likely N-dealkylation sites (N-methyl/N-ethyl adjacent to an activating group) is 1. The normalized spacial score (nSPS) is 13.0. The van der Waals surface area contributed by atoms with Gasteiger partial charge >= 0.3 is 0 Å². The number of rotatable bonds is 6. The van der Waals surface area contributed by atoms with Crippen LogP contribution in [-0.2, 0) is 14.6 Å². The Hall–Kier alpha value is -1.60. The van der Waals surface area contributed by atoms with Crippen LogP contribution in [0, 0.1) is 0 Å². The number of carbonyl (C=O) groups excluding carboxylic acids is 1. The summed E-state index contributed by atoms with van der Waals surface area (Å²) in [7, 11) is -1.68. The molecular weight excluding hydrogens is 256 g/mol. The number of nitrogens with one attached hydrogen (secondary N) is 1. The Balaban J connectivity index is 2.77. The molecule has 0 bridgehead atoms. The molecule has 0 saturated carbocycles. The predicted molar refractivity (Wildman–Crippen MR) is 67.1 cm³/mol. The number of primary amides is 1. The van der Waals surface area contributed by atoms with Gasteiger partial charge in [0.15, 0.2) is 9.84 Å². The topological polar surface area (TPSA) is 98.5 Å². The van der Waals surface area contributed by atoms with Gasteiger partial charge in [0.1, 0.15) is 18.4 Å². The van der Waals surface area contributed by atoms with Crippen molar-refractivity contribution in [2.24, 2.45) is 5.73 Å². The van der Waals surface area contributed by atoms with Gasteiger partial charge < -0.3 is 15.8 Å². The van der Waals surface area contributed by atoms with Crippen LogP contribution in [0.25, 0.3) is 0 Å². The molecule has 0 radical (unpaired) electrons. The Morgan fingerprint density at radius 2 is 2.17 bits per heavy atom. The zero-order valence-corrected chi connectivity index (χ0v) is 11.0. The maximum absolute atomic E-state index is 11.3. The van der Waals surface area contributed by atoms with Gasteiger partial charge in [-0.3, -0.25) is 4.79 Å². The Labute approximate surface area is 106 Å². The van der Waals surface area contributed by atoms with Crippen LogP contribution in [-0.4, -0.2) is 40.3 Å². The molecule has 0 fully saturated rings. The van der Waals surface area contributed by atoms with Crippen molar-refractivity contribution in [3.63, 3.8) is 0 Å². The van der Waals surface area contributed by atoms with Crippen LogP contribution >= 0.6 is 0 Å². The molecule has 7 heteroatoms. The van der Waals surface area contributed by atoms with E-state index in [1.165, 1.54) is 12.1 Å². The van der Waals surface area contributed by atoms with Crippen LogP contribution in [0.1, 0.15) is 0 Å². The molecule has 0 aromatic heterocycles. The van der Waals surface area contributed by atoms with Crippen LogP contribution in [0.5, 0.6) is 5.75 Å². The molecule has 1 unspecified atom stereocenters. The van der Waals surface area contributed by atoms with Gasteiger partial charge in [0.2, 0.25) is 5.91 Å². The summed E-state index contributed by atoms with van der Waals surface area (Å²) in [5.41, 5.74) is 5.13. The van der Waals surface area contributed by atoms with E-state index in [0.29, 0.717) is 5.75 Å². The Morgan fingerprint density at radius 3 is 2.67 bits per heavy atom. The first-order valence-electron chi connectivity index (χ1n) is 5.24. The number of sulfone groups is 1. The fourth-order valence-electron chi connectivity index (χ4n) is 1.28. The summed E-state index contributed by atoms with van der Waals surface area (Å²) in [5.74, 6) is -0.156. The average Bonchev–Trinajstić information content (AvgIpc) is 2.28. The third kappa shape index (κ3) is 4.01. The van der Waals surface area contributed by atoms with Crippen molar-refractivity contribution < 1.29 is 17.9 Å². The molecule has 0 saturated heterocycles. The molecule has 0 aliphatic heterocycles. The second kappa shape index (κ2) is 5.83. The second-order valence-electron chi connectivity index (χ2n) is 3.80. The first-order chi connectivity index (χ1) is 8.34. The van der Waals surface area contributed by atoms with E-state index in [1.54, 1.807) is 19.2 Å². The van der Waals surface area contributed by atoms with Gasteiger partial charge in [0.05, 0.1) is 4.90 Å². The summed E-state index contributed by atoms with van der Waals surface area (Å²) >= 11 is 0. The first kappa shape index (κ1) is 14.5. The van der Waals surface area contributed by atoms with E-state index in [-0.39, 0.29) is 11.5 Å². The van der Waals surface area contributed by atoms with Gasteiger partial charge in [0, 0.05) is 6.26 Å². The van der Waals surface area contributed by atoms with E-state index in [1.807, 2.05) is 0 Å². The lowest BCUT2D eigenvalue weighted by Gasteiger charge is -2.13. The minimum Gasteiger partial charge on any atom is -0.491 e. The molecule has 1 atom stereocenters. The van der Waals surface area contributed by atoms with E-state index >= 15 is 0 Å². The molecule has 0 aliphatic carbocycles. The number of hydrogen-bond acceptors (Lipinski definition) is 5. The molecule has 18 heavy (non-hydrogen) atoms. The number of ether oxygens (including phenoxy) is 1. The Bertz CT molecular complexity index is 528. The number of nitrogens with two attached hydrogens (primary N) is 1. The van der Waals surface area contributed by atoms with Crippen molar-refractivity contribution in [3.05, 3.63) is 24.3 Å². The van der Waals surface area contributed by atoms with Crippen LogP contribution < -0.4 is 15.8 Å². The zero-order chi connectivity index (χ0) is 13.8. The molecule has 100 valence electrons. The SMILES string of the molecule is CNC(COc1cccc(S(C)(=O)=O)c1)C(N)=O. The van der Waals surface area contributed by atoms with E-state index < -0.39 is 21.8 Å². The van der Waals surface area contributed by atoms with Crippen LogP contribution in [0.4, 0.5) is 0 Å². The molecule has 1 amide bonds. The molecule has 3 N–H and O–H groups in total. The van der Waals surface area contributed by atoms with Gasteiger partial charge in [-0.1, -0.05) is 6.07 Å². The summed E-state index contributed by atoms with van der Waals surface area (Å²) in [6, 6.07) is 5.45. The van der Waals surface area contributed by atoms with Crippen molar-refractivity contribution in [1.29, 1.82) is 0 Å². The molecule has 1 aromatic rings. The standard InChI is InChI=1S/C11H16N2O4S/c1-13-10(11(12)14)7-17-8-4-3-5-9(6-8)18(2,15)16/h3-6,10,13H,7H2,1-2H3,(H2,12,14). The lowest BCUT2D eigenvalue weighted by Crippen LogP contribution is -2.43. The fraction of sp³-hybridized carbons (Fsp3) is 0.364.